The highest BCUT2D eigenvalue weighted by molar-refractivity contribution is 5.76. The molecule has 106 valence electrons. The van der Waals surface area contributed by atoms with Crippen LogP contribution in [0.4, 0.5) is 0 Å². The Bertz CT molecular complexity index is 364. The van der Waals surface area contributed by atoms with Crippen molar-refractivity contribution in [3.8, 4) is 0 Å². The molecule has 0 radical (unpaired) electrons. The van der Waals surface area contributed by atoms with E-state index in [0.29, 0.717) is 13.0 Å². The Morgan fingerprint density at radius 2 is 2.05 bits per heavy atom. The van der Waals surface area contributed by atoms with Crippen LogP contribution in [-0.2, 0) is 16.0 Å². The van der Waals surface area contributed by atoms with E-state index in [1.807, 2.05) is 25.1 Å². The van der Waals surface area contributed by atoms with Gasteiger partial charge in [0.2, 0.25) is 5.91 Å². The molecule has 2 atom stereocenters. The molecule has 1 amide bonds. The van der Waals surface area contributed by atoms with E-state index in [0.717, 1.165) is 12.8 Å². The van der Waals surface area contributed by atoms with Gasteiger partial charge in [-0.1, -0.05) is 30.3 Å². The minimum Gasteiger partial charge on any atom is -0.380 e. The van der Waals surface area contributed by atoms with Gasteiger partial charge in [-0.05, 0) is 25.3 Å². The standard InChI is InChI=1S/C15H24N2O2/c1-12(8-9-13-6-4-3-5-7-13)17-15(18)10-14(11-16)19-2/h3-7,12,14H,8-11,16H2,1-2H3,(H,17,18). The summed E-state index contributed by atoms with van der Waals surface area (Å²) in [7, 11) is 1.57. The second kappa shape index (κ2) is 8.67. The highest BCUT2D eigenvalue weighted by Crippen LogP contribution is 2.05. The van der Waals surface area contributed by atoms with Crippen molar-refractivity contribution in [1.29, 1.82) is 0 Å². The molecule has 0 aromatic heterocycles. The molecule has 1 aromatic carbocycles. The average molecular weight is 264 g/mol. The summed E-state index contributed by atoms with van der Waals surface area (Å²) in [5.74, 6) is -0.00198. The number of hydrogen-bond donors (Lipinski definition) is 2. The molecule has 0 bridgehead atoms. The van der Waals surface area contributed by atoms with Gasteiger partial charge in [0.1, 0.15) is 0 Å². The van der Waals surface area contributed by atoms with Gasteiger partial charge in [-0.15, -0.1) is 0 Å². The fourth-order valence-electron chi connectivity index (χ4n) is 1.90. The van der Waals surface area contributed by atoms with Crippen LogP contribution in [-0.4, -0.2) is 31.7 Å². The van der Waals surface area contributed by atoms with Crippen LogP contribution in [0.1, 0.15) is 25.3 Å². The van der Waals surface area contributed by atoms with Gasteiger partial charge in [-0.25, -0.2) is 0 Å². The molecule has 0 saturated heterocycles. The van der Waals surface area contributed by atoms with Gasteiger partial charge in [-0.2, -0.15) is 0 Å². The number of ether oxygens (including phenoxy) is 1. The van der Waals surface area contributed by atoms with E-state index in [9.17, 15) is 4.79 Å². The molecule has 0 aliphatic rings. The van der Waals surface area contributed by atoms with Crippen LogP contribution in [0, 0.1) is 0 Å². The Hall–Kier alpha value is -1.39. The molecule has 3 N–H and O–H groups in total. The Morgan fingerprint density at radius 3 is 2.63 bits per heavy atom. The monoisotopic (exact) mass is 264 g/mol. The Labute approximate surface area is 115 Å². The van der Waals surface area contributed by atoms with Crippen LogP contribution in [0.15, 0.2) is 30.3 Å². The number of rotatable bonds is 8. The maximum Gasteiger partial charge on any atom is 0.222 e. The first kappa shape index (κ1) is 15.7. The minimum atomic E-state index is -0.193. The molecule has 0 aliphatic carbocycles. The number of benzene rings is 1. The molecular weight excluding hydrogens is 240 g/mol. The molecule has 19 heavy (non-hydrogen) atoms. The van der Waals surface area contributed by atoms with Crippen LogP contribution in [0.3, 0.4) is 0 Å². The number of carbonyl (C=O) groups is 1. The Morgan fingerprint density at radius 1 is 1.37 bits per heavy atom. The fourth-order valence-corrected chi connectivity index (χ4v) is 1.90. The predicted molar refractivity (Wildman–Crippen MR) is 76.8 cm³/mol. The van der Waals surface area contributed by atoms with Crippen LogP contribution in [0.5, 0.6) is 0 Å². The van der Waals surface area contributed by atoms with Crippen molar-refractivity contribution < 1.29 is 9.53 Å². The van der Waals surface area contributed by atoms with Gasteiger partial charge in [-0.3, -0.25) is 4.79 Å². The normalized spacial score (nSPS) is 13.8. The summed E-state index contributed by atoms with van der Waals surface area (Å²) < 4.78 is 5.10. The second-order valence-corrected chi connectivity index (χ2v) is 4.79. The molecule has 0 heterocycles. The molecule has 0 aliphatic heterocycles. The SMILES string of the molecule is COC(CN)CC(=O)NC(C)CCc1ccccc1. The van der Waals surface area contributed by atoms with Crippen molar-refractivity contribution in [2.24, 2.45) is 5.73 Å². The van der Waals surface area contributed by atoms with E-state index in [4.69, 9.17) is 10.5 Å². The summed E-state index contributed by atoms with van der Waals surface area (Å²) in [6.07, 6.45) is 2.02. The smallest absolute Gasteiger partial charge is 0.222 e. The molecule has 1 aromatic rings. The largest absolute Gasteiger partial charge is 0.380 e. The summed E-state index contributed by atoms with van der Waals surface area (Å²) in [5, 5.41) is 2.97. The molecular formula is C15H24N2O2. The van der Waals surface area contributed by atoms with Crippen molar-refractivity contribution in [2.45, 2.75) is 38.3 Å². The van der Waals surface area contributed by atoms with Crippen LogP contribution in [0.25, 0.3) is 0 Å². The lowest BCUT2D eigenvalue weighted by atomic mass is 10.1. The van der Waals surface area contributed by atoms with Crippen molar-refractivity contribution in [3.05, 3.63) is 35.9 Å². The fraction of sp³-hybridized carbons (Fsp3) is 0.533. The predicted octanol–water partition coefficient (Wildman–Crippen LogP) is 1.49. The molecule has 0 fully saturated rings. The maximum absolute atomic E-state index is 11.7. The third kappa shape index (κ3) is 6.36. The summed E-state index contributed by atoms with van der Waals surface area (Å²) in [5.41, 5.74) is 6.78. The van der Waals surface area contributed by atoms with Gasteiger partial charge in [0, 0.05) is 19.7 Å². The number of hydrogen-bond acceptors (Lipinski definition) is 3. The minimum absolute atomic E-state index is 0.00198. The molecule has 0 spiro atoms. The van der Waals surface area contributed by atoms with Crippen molar-refractivity contribution in [1.82, 2.24) is 5.32 Å². The Balaban J connectivity index is 2.27. The lowest BCUT2D eigenvalue weighted by Gasteiger charge is -2.17. The molecule has 0 saturated carbocycles. The number of amides is 1. The van der Waals surface area contributed by atoms with Crippen LogP contribution >= 0.6 is 0 Å². The van der Waals surface area contributed by atoms with E-state index >= 15 is 0 Å². The first-order chi connectivity index (χ1) is 9.15. The molecule has 1 rings (SSSR count). The maximum atomic E-state index is 11.7. The number of nitrogens with one attached hydrogen (secondary N) is 1. The first-order valence-corrected chi connectivity index (χ1v) is 6.71. The Kier molecular flexibility index (Phi) is 7.15. The zero-order chi connectivity index (χ0) is 14.1. The lowest BCUT2D eigenvalue weighted by molar-refractivity contribution is -0.124. The van der Waals surface area contributed by atoms with Gasteiger partial charge in [0.25, 0.3) is 0 Å². The number of carbonyl (C=O) groups excluding carboxylic acids is 1. The first-order valence-electron chi connectivity index (χ1n) is 6.71. The zero-order valence-corrected chi connectivity index (χ0v) is 11.8. The van der Waals surface area contributed by atoms with Gasteiger partial charge in [0.05, 0.1) is 12.5 Å². The summed E-state index contributed by atoms with van der Waals surface area (Å²) >= 11 is 0. The van der Waals surface area contributed by atoms with Gasteiger partial charge in [0.15, 0.2) is 0 Å². The molecule has 4 nitrogen and oxygen atoms in total. The highest BCUT2D eigenvalue weighted by atomic mass is 16.5. The van der Waals surface area contributed by atoms with Gasteiger partial charge >= 0.3 is 0 Å². The van der Waals surface area contributed by atoms with E-state index in [1.54, 1.807) is 7.11 Å². The number of aryl methyl sites for hydroxylation is 1. The van der Waals surface area contributed by atoms with E-state index in [2.05, 4.69) is 17.4 Å². The summed E-state index contributed by atoms with van der Waals surface area (Å²) in [6.45, 7) is 2.38. The van der Waals surface area contributed by atoms with E-state index in [-0.39, 0.29) is 18.1 Å². The van der Waals surface area contributed by atoms with Crippen molar-refractivity contribution in [3.63, 3.8) is 0 Å². The molecule has 4 heteroatoms. The van der Waals surface area contributed by atoms with Crippen molar-refractivity contribution in [2.75, 3.05) is 13.7 Å². The average Bonchev–Trinajstić information content (AvgIpc) is 2.43. The molecule has 2 unspecified atom stereocenters. The van der Waals surface area contributed by atoms with Gasteiger partial charge < -0.3 is 15.8 Å². The van der Waals surface area contributed by atoms with E-state index < -0.39 is 0 Å². The van der Waals surface area contributed by atoms with Crippen LogP contribution < -0.4 is 11.1 Å². The van der Waals surface area contributed by atoms with Crippen LogP contribution in [0.2, 0.25) is 0 Å². The zero-order valence-electron chi connectivity index (χ0n) is 11.8. The lowest BCUT2D eigenvalue weighted by Crippen LogP contribution is -2.37. The number of nitrogens with two attached hydrogens (primary N) is 1. The quantitative estimate of drug-likeness (QED) is 0.747. The van der Waals surface area contributed by atoms with E-state index in [1.165, 1.54) is 5.56 Å². The second-order valence-electron chi connectivity index (χ2n) is 4.79. The summed E-state index contributed by atoms with van der Waals surface area (Å²) in [4.78, 5) is 11.7. The third-order valence-electron chi connectivity index (χ3n) is 3.13. The number of methoxy groups -OCH3 is 1. The summed E-state index contributed by atoms with van der Waals surface area (Å²) in [6, 6.07) is 10.4. The third-order valence-corrected chi connectivity index (χ3v) is 3.13. The van der Waals surface area contributed by atoms with Crippen molar-refractivity contribution >= 4 is 5.91 Å². The topological polar surface area (TPSA) is 64.3 Å². The highest BCUT2D eigenvalue weighted by Gasteiger charge is 2.13.